The third-order valence-electron chi connectivity index (χ3n) is 4.22. The molecule has 0 unspecified atom stereocenters. The van der Waals surface area contributed by atoms with E-state index >= 15 is 0 Å². The number of Topliss-reactive ketones (excluding diaryl/α,β-unsaturated/α-hetero) is 1. The van der Waals surface area contributed by atoms with Crippen LogP contribution < -0.4 is 5.73 Å². The van der Waals surface area contributed by atoms with Crippen LogP contribution in [0, 0.1) is 11.3 Å². The lowest BCUT2D eigenvalue weighted by molar-refractivity contribution is 0.0695. The van der Waals surface area contributed by atoms with Crippen LogP contribution in [0.5, 0.6) is 0 Å². The van der Waals surface area contributed by atoms with E-state index in [1.54, 1.807) is 12.1 Å². The highest BCUT2D eigenvalue weighted by molar-refractivity contribution is 6.34. The average molecular weight is 266 g/mol. The van der Waals surface area contributed by atoms with E-state index in [0.717, 1.165) is 25.7 Å². The molecule has 0 heterocycles. The standard InChI is InChI=1S/C15H20ClNO/c1-11-6-8-15(10-17,9-7-11)14(18)12-4-2-3-5-13(12)16/h2-5,11H,6-10,17H2,1H3. The molecule has 2 N–H and O–H groups in total. The summed E-state index contributed by atoms with van der Waals surface area (Å²) >= 11 is 6.12. The van der Waals surface area contributed by atoms with Crippen LogP contribution in [-0.2, 0) is 0 Å². The summed E-state index contributed by atoms with van der Waals surface area (Å²) < 4.78 is 0. The van der Waals surface area contributed by atoms with Crippen LogP contribution in [0.15, 0.2) is 24.3 Å². The zero-order valence-electron chi connectivity index (χ0n) is 10.8. The zero-order valence-corrected chi connectivity index (χ0v) is 11.5. The molecule has 1 fully saturated rings. The van der Waals surface area contributed by atoms with Crippen LogP contribution in [0.1, 0.15) is 43.0 Å². The van der Waals surface area contributed by atoms with Crippen molar-refractivity contribution in [1.82, 2.24) is 0 Å². The second-order valence-corrected chi connectivity index (χ2v) is 5.88. The van der Waals surface area contributed by atoms with E-state index in [9.17, 15) is 4.79 Å². The molecular formula is C15H20ClNO. The second kappa shape index (κ2) is 5.41. The molecule has 3 heteroatoms. The molecule has 0 aromatic heterocycles. The summed E-state index contributed by atoms with van der Waals surface area (Å²) in [5.74, 6) is 0.825. The molecule has 98 valence electrons. The number of hydrogen-bond donors (Lipinski definition) is 1. The van der Waals surface area contributed by atoms with E-state index in [-0.39, 0.29) is 5.78 Å². The number of carbonyl (C=O) groups is 1. The lowest BCUT2D eigenvalue weighted by atomic mass is 9.67. The van der Waals surface area contributed by atoms with E-state index < -0.39 is 5.41 Å². The van der Waals surface area contributed by atoms with Gasteiger partial charge in [-0.3, -0.25) is 4.79 Å². The van der Waals surface area contributed by atoms with E-state index in [4.69, 9.17) is 17.3 Å². The van der Waals surface area contributed by atoms with Crippen molar-refractivity contribution in [2.45, 2.75) is 32.6 Å². The number of nitrogens with two attached hydrogens (primary N) is 1. The predicted molar refractivity (Wildman–Crippen MR) is 74.9 cm³/mol. The lowest BCUT2D eigenvalue weighted by Gasteiger charge is -2.37. The van der Waals surface area contributed by atoms with Gasteiger partial charge in [-0.25, -0.2) is 0 Å². The highest BCUT2D eigenvalue weighted by atomic mass is 35.5. The number of hydrogen-bond acceptors (Lipinski definition) is 2. The highest BCUT2D eigenvalue weighted by Crippen LogP contribution is 2.41. The number of halogens is 1. The van der Waals surface area contributed by atoms with Gasteiger partial charge in [-0.1, -0.05) is 30.7 Å². The maximum Gasteiger partial charge on any atom is 0.171 e. The number of carbonyl (C=O) groups excluding carboxylic acids is 1. The minimum atomic E-state index is -0.391. The molecule has 0 saturated heterocycles. The van der Waals surface area contributed by atoms with Crippen molar-refractivity contribution in [3.63, 3.8) is 0 Å². The summed E-state index contributed by atoms with van der Waals surface area (Å²) in [6.45, 7) is 2.66. The Balaban J connectivity index is 2.28. The molecule has 2 rings (SSSR count). The highest BCUT2D eigenvalue weighted by Gasteiger charge is 2.40. The van der Waals surface area contributed by atoms with Crippen molar-refractivity contribution in [3.05, 3.63) is 34.9 Å². The third-order valence-corrected chi connectivity index (χ3v) is 4.55. The van der Waals surface area contributed by atoms with Crippen molar-refractivity contribution in [1.29, 1.82) is 0 Å². The summed E-state index contributed by atoms with van der Waals surface area (Å²) in [6.07, 6.45) is 3.92. The molecular weight excluding hydrogens is 246 g/mol. The molecule has 0 atom stereocenters. The maximum atomic E-state index is 12.7. The van der Waals surface area contributed by atoms with Crippen LogP contribution in [0.2, 0.25) is 5.02 Å². The first-order valence-corrected chi connectivity index (χ1v) is 6.96. The van der Waals surface area contributed by atoms with Gasteiger partial charge < -0.3 is 5.73 Å². The molecule has 1 aliphatic carbocycles. The van der Waals surface area contributed by atoms with Crippen LogP contribution in [0.3, 0.4) is 0 Å². The molecule has 1 aliphatic rings. The Bertz CT molecular complexity index is 436. The number of ketones is 1. The smallest absolute Gasteiger partial charge is 0.171 e. The number of rotatable bonds is 3. The van der Waals surface area contributed by atoms with Gasteiger partial charge in [0.2, 0.25) is 0 Å². The van der Waals surface area contributed by atoms with Gasteiger partial charge in [0.25, 0.3) is 0 Å². The fourth-order valence-corrected chi connectivity index (χ4v) is 2.99. The first kappa shape index (κ1) is 13.6. The molecule has 1 saturated carbocycles. The van der Waals surface area contributed by atoms with Gasteiger partial charge in [0.05, 0.1) is 5.02 Å². The fourth-order valence-electron chi connectivity index (χ4n) is 2.77. The second-order valence-electron chi connectivity index (χ2n) is 5.48. The van der Waals surface area contributed by atoms with E-state index in [0.29, 0.717) is 23.0 Å². The molecule has 0 radical (unpaired) electrons. The van der Waals surface area contributed by atoms with Crippen LogP contribution in [0.4, 0.5) is 0 Å². The summed E-state index contributed by atoms with van der Waals surface area (Å²) in [6, 6.07) is 7.27. The molecule has 0 bridgehead atoms. The van der Waals surface area contributed by atoms with E-state index in [1.165, 1.54) is 0 Å². The summed E-state index contributed by atoms with van der Waals surface area (Å²) in [5, 5.41) is 0.536. The summed E-state index contributed by atoms with van der Waals surface area (Å²) in [4.78, 5) is 12.7. The Hall–Kier alpha value is -0.860. The minimum absolute atomic E-state index is 0.127. The molecule has 0 aliphatic heterocycles. The van der Waals surface area contributed by atoms with Crippen molar-refractivity contribution in [2.24, 2.45) is 17.1 Å². The van der Waals surface area contributed by atoms with Crippen LogP contribution in [-0.4, -0.2) is 12.3 Å². The molecule has 1 aromatic carbocycles. The van der Waals surface area contributed by atoms with Gasteiger partial charge in [0, 0.05) is 17.5 Å². The summed E-state index contributed by atoms with van der Waals surface area (Å²) in [7, 11) is 0. The Morgan fingerprint density at radius 1 is 1.39 bits per heavy atom. The van der Waals surface area contributed by atoms with Gasteiger partial charge in [-0.05, 0) is 43.7 Å². The monoisotopic (exact) mass is 265 g/mol. The lowest BCUT2D eigenvalue weighted by Crippen LogP contribution is -2.41. The fraction of sp³-hybridized carbons (Fsp3) is 0.533. The van der Waals surface area contributed by atoms with E-state index in [2.05, 4.69) is 6.92 Å². The van der Waals surface area contributed by atoms with Gasteiger partial charge >= 0.3 is 0 Å². The quantitative estimate of drug-likeness (QED) is 0.848. The first-order chi connectivity index (χ1) is 8.59. The van der Waals surface area contributed by atoms with Gasteiger partial charge in [0.1, 0.15) is 0 Å². The van der Waals surface area contributed by atoms with Gasteiger partial charge in [0.15, 0.2) is 5.78 Å². The SMILES string of the molecule is CC1CCC(CN)(C(=O)c2ccccc2Cl)CC1. The molecule has 0 spiro atoms. The van der Waals surface area contributed by atoms with Crippen molar-refractivity contribution in [3.8, 4) is 0 Å². The average Bonchev–Trinajstić information content (AvgIpc) is 2.40. The largest absolute Gasteiger partial charge is 0.329 e. The normalized spacial score (nSPS) is 28.1. The van der Waals surface area contributed by atoms with Crippen LogP contribution >= 0.6 is 11.6 Å². The Morgan fingerprint density at radius 3 is 2.56 bits per heavy atom. The Morgan fingerprint density at radius 2 is 2.00 bits per heavy atom. The molecule has 1 aromatic rings. The molecule has 0 amide bonds. The predicted octanol–water partition coefficient (Wildman–Crippen LogP) is 3.68. The zero-order chi connectivity index (χ0) is 13.2. The topological polar surface area (TPSA) is 43.1 Å². The Kier molecular flexibility index (Phi) is 4.08. The molecule has 2 nitrogen and oxygen atoms in total. The van der Waals surface area contributed by atoms with Gasteiger partial charge in [-0.15, -0.1) is 0 Å². The van der Waals surface area contributed by atoms with Crippen molar-refractivity contribution >= 4 is 17.4 Å². The minimum Gasteiger partial charge on any atom is -0.329 e. The first-order valence-electron chi connectivity index (χ1n) is 6.58. The van der Waals surface area contributed by atoms with E-state index in [1.807, 2.05) is 12.1 Å². The number of benzene rings is 1. The van der Waals surface area contributed by atoms with Crippen LogP contribution in [0.25, 0.3) is 0 Å². The summed E-state index contributed by atoms with van der Waals surface area (Å²) in [5.41, 5.74) is 6.14. The third kappa shape index (κ3) is 2.45. The Labute approximate surface area is 114 Å². The van der Waals surface area contributed by atoms with Gasteiger partial charge in [-0.2, -0.15) is 0 Å². The maximum absolute atomic E-state index is 12.7. The molecule has 18 heavy (non-hydrogen) atoms. The van der Waals surface area contributed by atoms with Crippen molar-refractivity contribution < 1.29 is 4.79 Å². The van der Waals surface area contributed by atoms with Crippen molar-refractivity contribution in [2.75, 3.05) is 6.54 Å².